The van der Waals surface area contributed by atoms with Crippen molar-refractivity contribution in [2.24, 2.45) is 0 Å². The molecular weight excluding hydrogens is 234 g/mol. The lowest BCUT2D eigenvalue weighted by atomic mass is 10.00. The van der Waals surface area contributed by atoms with Crippen LogP contribution in [0.1, 0.15) is 24.1 Å². The molecule has 0 N–H and O–H groups in total. The van der Waals surface area contributed by atoms with E-state index < -0.39 is 0 Å². The molecular formula is C13H17NO2S. The van der Waals surface area contributed by atoms with Crippen molar-refractivity contribution in [2.75, 3.05) is 19.7 Å². The number of likely N-dealkylation sites (tertiary alicyclic amines) is 1. The van der Waals surface area contributed by atoms with E-state index in [0.717, 1.165) is 43.8 Å². The summed E-state index contributed by atoms with van der Waals surface area (Å²) in [6.45, 7) is 2.54. The van der Waals surface area contributed by atoms with Crippen LogP contribution in [0.3, 0.4) is 0 Å². The first-order valence-corrected chi connectivity index (χ1v) is 7.10. The standard InChI is InChI=1S/C13H17NO2S/c15-12(9-11-3-1-8-17-11)14-6-5-13(10-14)4-2-7-16-13/h1,3,8H,2,4-7,9-10H2. The molecule has 0 aromatic carbocycles. The number of carbonyl (C=O) groups excluding carboxylic acids is 1. The van der Waals surface area contributed by atoms with Gasteiger partial charge in [-0.1, -0.05) is 6.07 Å². The maximum absolute atomic E-state index is 12.1. The number of carbonyl (C=O) groups is 1. The van der Waals surface area contributed by atoms with Crippen LogP contribution in [0.5, 0.6) is 0 Å². The zero-order valence-electron chi connectivity index (χ0n) is 9.85. The highest BCUT2D eigenvalue weighted by Crippen LogP contribution is 2.35. The van der Waals surface area contributed by atoms with Crippen molar-refractivity contribution in [3.8, 4) is 0 Å². The summed E-state index contributed by atoms with van der Waals surface area (Å²) in [5, 5.41) is 2.02. The Hall–Kier alpha value is -0.870. The van der Waals surface area contributed by atoms with Gasteiger partial charge in [-0.2, -0.15) is 0 Å². The fourth-order valence-electron chi connectivity index (χ4n) is 2.81. The summed E-state index contributed by atoms with van der Waals surface area (Å²) in [6, 6.07) is 4.03. The molecule has 1 amide bonds. The molecule has 1 unspecified atom stereocenters. The lowest BCUT2D eigenvalue weighted by Gasteiger charge is -2.23. The molecule has 1 aromatic rings. The molecule has 17 heavy (non-hydrogen) atoms. The lowest BCUT2D eigenvalue weighted by molar-refractivity contribution is -0.130. The van der Waals surface area contributed by atoms with Crippen molar-refractivity contribution in [1.82, 2.24) is 4.90 Å². The van der Waals surface area contributed by atoms with E-state index in [0.29, 0.717) is 6.42 Å². The average molecular weight is 251 g/mol. The van der Waals surface area contributed by atoms with Crippen LogP contribution in [0.25, 0.3) is 0 Å². The molecule has 0 bridgehead atoms. The first kappa shape index (κ1) is 11.2. The summed E-state index contributed by atoms with van der Waals surface area (Å²) in [7, 11) is 0. The smallest absolute Gasteiger partial charge is 0.227 e. The zero-order chi connectivity index (χ0) is 11.7. The monoisotopic (exact) mass is 251 g/mol. The second-order valence-corrected chi connectivity index (χ2v) is 5.99. The van der Waals surface area contributed by atoms with Gasteiger partial charge < -0.3 is 9.64 Å². The number of ether oxygens (including phenoxy) is 1. The average Bonchev–Trinajstić information content (AvgIpc) is 3.03. The third kappa shape index (κ3) is 2.24. The third-order valence-corrected chi connectivity index (χ3v) is 4.64. The molecule has 0 radical (unpaired) electrons. The van der Waals surface area contributed by atoms with Crippen LogP contribution in [-0.2, 0) is 16.0 Å². The number of hydrogen-bond acceptors (Lipinski definition) is 3. The van der Waals surface area contributed by atoms with Crippen molar-refractivity contribution in [2.45, 2.75) is 31.3 Å². The molecule has 2 aliphatic rings. The highest BCUT2D eigenvalue weighted by atomic mass is 32.1. The summed E-state index contributed by atoms with van der Waals surface area (Å²) in [5.41, 5.74) is 0.00507. The van der Waals surface area contributed by atoms with Gasteiger partial charge in [0.15, 0.2) is 0 Å². The van der Waals surface area contributed by atoms with Crippen LogP contribution in [0, 0.1) is 0 Å². The zero-order valence-corrected chi connectivity index (χ0v) is 10.7. The van der Waals surface area contributed by atoms with Crippen molar-refractivity contribution in [3.63, 3.8) is 0 Å². The van der Waals surface area contributed by atoms with E-state index >= 15 is 0 Å². The van der Waals surface area contributed by atoms with Gasteiger partial charge in [0, 0.05) is 24.6 Å². The Morgan fingerprint density at radius 1 is 1.53 bits per heavy atom. The molecule has 0 saturated carbocycles. The summed E-state index contributed by atoms with van der Waals surface area (Å²) in [4.78, 5) is 15.3. The molecule has 1 atom stereocenters. The topological polar surface area (TPSA) is 29.5 Å². The number of hydrogen-bond donors (Lipinski definition) is 0. The molecule has 2 saturated heterocycles. The molecule has 3 heterocycles. The van der Waals surface area contributed by atoms with E-state index in [9.17, 15) is 4.79 Å². The first-order chi connectivity index (χ1) is 8.27. The molecule has 3 nitrogen and oxygen atoms in total. The Labute approximate surface area is 105 Å². The lowest BCUT2D eigenvalue weighted by Crippen LogP contribution is -2.36. The van der Waals surface area contributed by atoms with Gasteiger partial charge in [0.05, 0.1) is 12.0 Å². The normalized spacial score (nSPS) is 28.1. The number of amides is 1. The Balaban J connectivity index is 1.60. The second-order valence-electron chi connectivity index (χ2n) is 4.96. The van der Waals surface area contributed by atoms with Crippen molar-refractivity contribution < 1.29 is 9.53 Å². The van der Waals surface area contributed by atoms with Crippen molar-refractivity contribution in [3.05, 3.63) is 22.4 Å². The molecule has 3 rings (SSSR count). The van der Waals surface area contributed by atoms with Gasteiger partial charge in [-0.05, 0) is 30.7 Å². The predicted octanol–water partition coefficient (Wildman–Crippen LogP) is 2.07. The highest BCUT2D eigenvalue weighted by molar-refractivity contribution is 7.10. The summed E-state index contributed by atoms with van der Waals surface area (Å²) in [6.07, 6.45) is 3.83. The van der Waals surface area contributed by atoms with Gasteiger partial charge in [0.1, 0.15) is 0 Å². The van der Waals surface area contributed by atoms with E-state index in [2.05, 4.69) is 0 Å². The van der Waals surface area contributed by atoms with E-state index in [1.807, 2.05) is 22.4 Å². The molecule has 92 valence electrons. The second kappa shape index (κ2) is 4.42. The molecule has 0 aliphatic carbocycles. The summed E-state index contributed by atoms with van der Waals surface area (Å²) in [5.74, 6) is 0.250. The fraction of sp³-hybridized carbons (Fsp3) is 0.615. The first-order valence-electron chi connectivity index (χ1n) is 6.22. The number of rotatable bonds is 2. The summed E-state index contributed by atoms with van der Waals surface area (Å²) >= 11 is 1.66. The van der Waals surface area contributed by atoms with Crippen LogP contribution in [0.15, 0.2) is 17.5 Å². The minimum Gasteiger partial charge on any atom is -0.373 e. The van der Waals surface area contributed by atoms with Gasteiger partial charge in [-0.3, -0.25) is 4.79 Å². The van der Waals surface area contributed by atoms with Gasteiger partial charge in [0.25, 0.3) is 0 Å². The largest absolute Gasteiger partial charge is 0.373 e. The van der Waals surface area contributed by atoms with Crippen LogP contribution < -0.4 is 0 Å². The maximum Gasteiger partial charge on any atom is 0.227 e. The van der Waals surface area contributed by atoms with Gasteiger partial charge >= 0.3 is 0 Å². The molecule has 1 aromatic heterocycles. The Kier molecular flexibility index (Phi) is 2.92. The van der Waals surface area contributed by atoms with Gasteiger partial charge in [0.2, 0.25) is 5.91 Å². The predicted molar refractivity (Wildman–Crippen MR) is 67.1 cm³/mol. The Morgan fingerprint density at radius 2 is 2.47 bits per heavy atom. The quantitative estimate of drug-likeness (QED) is 0.805. The van der Waals surface area contributed by atoms with Crippen molar-refractivity contribution in [1.29, 1.82) is 0 Å². The van der Waals surface area contributed by atoms with Crippen LogP contribution in [0.2, 0.25) is 0 Å². The van der Waals surface area contributed by atoms with Crippen LogP contribution in [0.4, 0.5) is 0 Å². The number of thiophene rings is 1. The van der Waals surface area contributed by atoms with Crippen LogP contribution >= 0.6 is 11.3 Å². The van der Waals surface area contributed by atoms with E-state index in [1.54, 1.807) is 11.3 Å². The number of nitrogens with zero attached hydrogens (tertiary/aromatic N) is 1. The minimum atomic E-state index is 0.00507. The van der Waals surface area contributed by atoms with Crippen LogP contribution in [-0.4, -0.2) is 36.1 Å². The Bertz CT molecular complexity index is 396. The highest BCUT2D eigenvalue weighted by Gasteiger charge is 2.42. The third-order valence-electron chi connectivity index (χ3n) is 3.76. The Morgan fingerprint density at radius 3 is 3.18 bits per heavy atom. The maximum atomic E-state index is 12.1. The van der Waals surface area contributed by atoms with Crippen molar-refractivity contribution >= 4 is 17.2 Å². The van der Waals surface area contributed by atoms with E-state index in [4.69, 9.17) is 4.74 Å². The summed E-state index contributed by atoms with van der Waals surface area (Å²) < 4.78 is 5.83. The van der Waals surface area contributed by atoms with E-state index in [-0.39, 0.29) is 11.5 Å². The molecule has 2 aliphatic heterocycles. The molecule has 1 spiro atoms. The molecule has 4 heteroatoms. The van der Waals surface area contributed by atoms with Gasteiger partial charge in [-0.15, -0.1) is 11.3 Å². The van der Waals surface area contributed by atoms with Gasteiger partial charge in [-0.25, -0.2) is 0 Å². The minimum absolute atomic E-state index is 0.00507. The molecule has 2 fully saturated rings. The van der Waals surface area contributed by atoms with E-state index in [1.165, 1.54) is 0 Å². The fourth-order valence-corrected chi connectivity index (χ4v) is 3.50. The SMILES string of the molecule is O=C(Cc1cccs1)N1CCC2(CCCO2)C1.